The molecule has 2 aromatic carbocycles. The van der Waals surface area contributed by atoms with Crippen molar-refractivity contribution in [2.45, 2.75) is 31.0 Å². The first-order valence-electron chi connectivity index (χ1n) is 17.3. The Morgan fingerprint density at radius 3 is 2.70 bits per heavy atom. The Bertz CT molecular complexity index is 2330. The predicted molar refractivity (Wildman–Crippen MR) is 190 cm³/mol. The van der Waals surface area contributed by atoms with E-state index in [4.69, 9.17) is 11.2 Å². The Labute approximate surface area is 301 Å². The minimum absolute atomic E-state index is 0.0582. The number of hydrogen-bond donors (Lipinski definition) is 1. The highest BCUT2D eigenvalue weighted by Crippen LogP contribution is 2.42. The van der Waals surface area contributed by atoms with Gasteiger partial charge in [0, 0.05) is 68.6 Å². The number of carbonyl (C=O) groups excluding carboxylic acids is 1. The van der Waals surface area contributed by atoms with Crippen LogP contribution < -0.4 is 9.64 Å². The van der Waals surface area contributed by atoms with Crippen LogP contribution in [0.15, 0.2) is 60.7 Å². The molecule has 0 saturated carbocycles. The lowest BCUT2D eigenvalue weighted by atomic mass is 9.95. The van der Waals surface area contributed by atoms with Crippen LogP contribution in [-0.2, 0) is 4.79 Å². The maximum absolute atomic E-state index is 16.9. The van der Waals surface area contributed by atoms with Crippen LogP contribution in [0, 0.1) is 24.0 Å². The van der Waals surface area contributed by atoms with Gasteiger partial charge in [0.05, 0.1) is 22.2 Å². The number of aromatic hydroxyl groups is 1. The molecule has 6 heterocycles. The number of ether oxygens (including phenoxy) is 1. The van der Waals surface area contributed by atoms with E-state index in [0.29, 0.717) is 24.0 Å². The number of anilines is 1. The number of phenolic OH excluding ortho intramolecular Hbond substituents is 1. The molecule has 1 amide bonds. The topological polar surface area (TPSA) is 108 Å². The van der Waals surface area contributed by atoms with Gasteiger partial charge in [0.15, 0.2) is 11.6 Å². The van der Waals surface area contributed by atoms with Crippen LogP contribution in [0.25, 0.3) is 39.0 Å². The first-order valence-corrected chi connectivity index (χ1v) is 17.3. The lowest BCUT2D eigenvalue weighted by molar-refractivity contribution is -0.128. The molecular formula is C39H33F4N7O3. The highest BCUT2D eigenvalue weighted by molar-refractivity contribution is 6.03. The van der Waals surface area contributed by atoms with Gasteiger partial charge in [0.2, 0.25) is 0 Å². The number of phenols is 1. The lowest BCUT2D eigenvalue weighted by Crippen LogP contribution is -2.49. The molecule has 2 atom stereocenters. The zero-order valence-corrected chi connectivity index (χ0v) is 28.4. The molecule has 0 bridgehead atoms. The quantitative estimate of drug-likeness (QED) is 0.126. The first kappa shape index (κ1) is 34.3. The largest absolute Gasteiger partial charge is 0.508 e. The van der Waals surface area contributed by atoms with Crippen LogP contribution in [0.3, 0.4) is 0 Å². The van der Waals surface area contributed by atoms with Crippen LogP contribution in [0.2, 0.25) is 0 Å². The Kier molecular flexibility index (Phi) is 8.82. The maximum atomic E-state index is 16.9. The van der Waals surface area contributed by atoms with Gasteiger partial charge in [-0.2, -0.15) is 9.97 Å². The van der Waals surface area contributed by atoms with E-state index < -0.39 is 35.1 Å². The van der Waals surface area contributed by atoms with Crippen molar-refractivity contribution in [3.63, 3.8) is 0 Å². The third kappa shape index (κ3) is 6.24. The smallest absolute Gasteiger partial charge is 0.319 e. The second-order valence-corrected chi connectivity index (χ2v) is 13.6. The van der Waals surface area contributed by atoms with Crippen molar-refractivity contribution in [2.24, 2.45) is 0 Å². The SMILES string of the molecule is C#Cc1c(F)ccc2cc(O)cc(-c3ncc4c(N5CCN(C(=O)/C(F)=C/c6ccccn6)CC5)nc(OC[C@@]56CCCN5CC(F)C6)nc4c3F)c12. The van der Waals surface area contributed by atoms with E-state index in [1.54, 1.807) is 18.2 Å². The van der Waals surface area contributed by atoms with Gasteiger partial charge >= 0.3 is 6.01 Å². The number of fused-ring (bicyclic) bond motifs is 3. The van der Waals surface area contributed by atoms with E-state index in [2.05, 4.69) is 30.8 Å². The molecular weight excluding hydrogens is 690 g/mol. The van der Waals surface area contributed by atoms with Gasteiger partial charge in [-0.3, -0.25) is 19.7 Å². The second kappa shape index (κ2) is 13.6. The van der Waals surface area contributed by atoms with E-state index in [1.165, 1.54) is 41.6 Å². The molecule has 1 N–H and O–H groups in total. The first-order chi connectivity index (χ1) is 25.6. The van der Waals surface area contributed by atoms with Crippen molar-refractivity contribution < 1.29 is 32.2 Å². The number of amides is 1. The molecule has 0 aliphatic carbocycles. The summed E-state index contributed by atoms with van der Waals surface area (Å²) >= 11 is 0. The zero-order chi connectivity index (χ0) is 36.9. The third-order valence-corrected chi connectivity index (χ3v) is 10.4. The number of alkyl halides is 1. The fourth-order valence-corrected chi connectivity index (χ4v) is 7.84. The number of pyridine rings is 2. The molecule has 3 saturated heterocycles. The minimum atomic E-state index is -0.990. The molecule has 3 fully saturated rings. The monoisotopic (exact) mass is 723 g/mol. The summed E-state index contributed by atoms with van der Waals surface area (Å²) in [5.74, 6) is -0.928. The highest BCUT2D eigenvalue weighted by Gasteiger charge is 2.49. The number of aromatic nitrogens is 4. The molecule has 14 heteroatoms. The van der Waals surface area contributed by atoms with Crippen LogP contribution in [0.1, 0.15) is 30.5 Å². The number of carbonyl (C=O) groups is 1. The van der Waals surface area contributed by atoms with Gasteiger partial charge in [-0.25, -0.2) is 17.6 Å². The zero-order valence-electron chi connectivity index (χ0n) is 28.4. The number of halogens is 4. The molecule has 8 rings (SSSR count). The molecule has 53 heavy (non-hydrogen) atoms. The summed E-state index contributed by atoms with van der Waals surface area (Å²) in [5, 5.41) is 11.4. The number of terminal acetylenes is 1. The molecule has 0 radical (unpaired) electrons. The molecule has 3 aliphatic heterocycles. The molecule has 270 valence electrons. The van der Waals surface area contributed by atoms with Crippen LogP contribution in [0.5, 0.6) is 11.8 Å². The second-order valence-electron chi connectivity index (χ2n) is 13.6. The Morgan fingerprint density at radius 2 is 1.92 bits per heavy atom. The van der Waals surface area contributed by atoms with Crippen LogP contribution in [0.4, 0.5) is 23.4 Å². The standard InChI is InChI=1S/C39H33F4N7O3/c1-2-27-30(41)8-7-23-16-26(51)18-28(32(23)27)34-33(43)35-29(20-45-34)36(47-38(46-35)53-22-39-9-5-11-50(39)21-24(40)19-39)48-12-14-49(15-13-48)37(52)31(42)17-25-6-3-4-10-44-25/h1,3-4,6-8,10,16-18,20,24,51H,5,9,11-15,19,21-22H2/b31-17-/t24?,39-/m0/s1. The van der Waals surface area contributed by atoms with Gasteiger partial charge in [-0.15, -0.1) is 6.42 Å². The normalized spacial score (nSPS) is 20.6. The summed E-state index contributed by atoms with van der Waals surface area (Å²) in [7, 11) is 0. The molecule has 1 unspecified atom stereocenters. The van der Waals surface area contributed by atoms with E-state index in [-0.39, 0.29) is 83.5 Å². The fourth-order valence-electron chi connectivity index (χ4n) is 7.84. The van der Waals surface area contributed by atoms with Crippen LogP contribution >= 0.6 is 0 Å². The van der Waals surface area contributed by atoms with Crippen molar-refractivity contribution in [3.05, 3.63) is 83.6 Å². The Morgan fingerprint density at radius 1 is 1.09 bits per heavy atom. The summed E-state index contributed by atoms with van der Waals surface area (Å²) in [5.41, 5.74) is -0.683. The van der Waals surface area contributed by atoms with Gasteiger partial charge < -0.3 is 19.6 Å². The van der Waals surface area contributed by atoms with Gasteiger partial charge in [0.1, 0.15) is 41.4 Å². The number of nitrogens with zero attached hydrogens (tertiary/aromatic N) is 7. The predicted octanol–water partition coefficient (Wildman–Crippen LogP) is 5.82. The molecule has 0 spiro atoms. The number of hydrogen-bond acceptors (Lipinski definition) is 9. The van der Waals surface area contributed by atoms with E-state index in [1.807, 2.05) is 4.90 Å². The van der Waals surface area contributed by atoms with Gasteiger partial charge in [-0.05, 0) is 55.1 Å². The van der Waals surface area contributed by atoms with Crippen LogP contribution in [-0.4, -0.2) is 98.3 Å². The maximum Gasteiger partial charge on any atom is 0.319 e. The Hall–Kier alpha value is -5.81. The molecule has 5 aromatic rings. The highest BCUT2D eigenvalue weighted by atomic mass is 19.1. The molecule has 3 aliphatic rings. The summed E-state index contributed by atoms with van der Waals surface area (Å²) in [6.45, 7) is 1.82. The Balaban J connectivity index is 1.17. The minimum Gasteiger partial charge on any atom is -0.508 e. The number of benzene rings is 2. The number of piperazine rings is 1. The van der Waals surface area contributed by atoms with Gasteiger partial charge in [-0.1, -0.05) is 18.1 Å². The van der Waals surface area contributed by atoms with Crippen molar-refractivity contribution in [1.29, 1.82) is 0 Å². The summed E-state index contributed by atoms with van der Waals surface area (Å²) in [6.07, 6.45) is 10.6. The molecule has 3 aromatic heterocycles. The van der Waals surface area contributed by atoms with E-state index in [0.717, 1.165) is 25.5 Å². The van der Waals surface area contributed by atoms with Crippen molar-refractivity contribution in [2.75, 3.05) is 50.8 Å². The average molecular weight is 724 g/mol. The van der Waals surface area contributed by atoms with Crippen molar-refractivity contribution in [3.8, 4) is 35.4 Å². The van der Waals surface area contributed by atoms with Crippen molar-refractivity contribution >= 4 is 39.5 Å². The van der Waals surface area contributed by atoms with E-state index in [9.17, 15) is 23.1 Å². The number of rotatable bonds is 7. The van der Waals surface area contributed by atoms with E-state index >= 15 is 4.39 Å². The average Bonchev–Trinajstić information content (AvgIpc) is 3.69. The summed E-state index contributed by atoms with van der Waals surface area (Å²) < 4.78 is 67.5. The fraction of sp³-hybridized carbons (Fsp3) is 0.308. The summed E-state index contributed by atoms with van der Waals surface area (Å²) in [6, 6.07) is 10.1. The van der Waals surface area contributed by atoms with Crippen molar-refractivity contribution in [1.82, 2.24) is 29.7 Å². The lowest BCUT2D eigenvalue weighted by Gasteiger charge is -2.35. The van der Waals surface area contributed by atoms with Gasteiger partial charge in [0.25, 0.3) is 5.91 Å². The third-order valence-electron chi connectivity index (χ3n) is 10.4. The molecule has 10 nitrogen and oxygen atoms in total. The summed E-state index contributed by atoms with van der Waals surface area (Å²) in [4.78, 5) is 35.9.